The Morgan fingerprint density at radius 2 is 1.76 bits per heavy atom. The summed E-state index contributed by atoms with van der Waals surface area (Å²) in [6.45, 7) is 9.97. The number of β-amino-alcohol motifs (C(OH)–C–C–N with tert-alkyl or cyclic N) is 1. The monoisotopic (exact) mass is 479 g/mol. The minimum Gasteiger partial charge on any atom is -0.482 e. The van der Waals surface area contributed by atoms with Gasteiger partial charge in [-0.1, -0.05) is 35.9 Å². The van der Waals surface area contributed by atoms with Crippen LogP contribution in [0, 0.1) is 0 Å². The summed E-state index contributed by atoms with van der Waals surface area (Å²) in [4.78, 5) is 17.5. The maximum absolute atomic E-state index is 12.7. The number of benzene rings is 2. The molecule has 3 heterocycles. The highest BCUT2D eigenvalue weighted by molar-refractivity contribution is 6.35. The predicted octanol–water partition coefficient (Wildman–Crippen LogP) is 4.01. The summed E-state index contributed by atoms with van der Waals surface area (Å²) < 4.78 is 6.30. The van der Waals surface area contributed by atoms with Gasteiger partial charge in [0, 0.05) is 61.1 Å². The molecular formula is C27H30ClN3O3. The molecule has 0 spiro atoms. The summed E-state index contributed by atoms with van der Waals surface area (Å²) in [6.07, 6.45) is 1.99. The molecule has 6 nitrogen and oxygen atoms in total. The van der Waals surface area contributed by atoms with Crippen LogP contribution in [0.4, 0.5) is 5.69 Å². The number of hydrogen-bond donors (Lipinski definition) is 2. The molecule has 0 atom stereocenters. The summed E-state index contributed by atoms with van der Waals surface area (Å²) in [5.41, 5.74) is 4.89. The second kappa shape index (κ2) is 9.19. The van der Waals surface area contributed by atoms with Gasteiger partial charge in [-0.3, -0.25) is 14.6 Å². The summed E-state index contributed by atoms with van der Waals surface area (Å²) in [6, 6.07) is 14.0. The van der Waals surface area contributed by atoms with Gasteiger partial charge < -0.3 is 15.2 Å². The first-order valence-corrected chi connectivity index (χ1v) is 12.1. The molecule has 1 amide bonds. The molecule has 7 heteroatoms. The van der Waals surface area contributed by atoms with Crippen LogP contribution >= 0.6 is 11.6 Å². The summed E-state index contributed by atoms with van der Waals surface area (Å²) >= 11 is 6.20. The highest BCUT2D eigenvalue weighted by Gasteiger charge is 2.38. The lowest BCUT2D eigenvalue weighted by Gasteiger charge is -2.34. The minimum absolute atomic E-state index is 0.171. The second-order valence-electron chi connectivity index (χ2n) is 9.59. The van der Waals surface area contributed by atoms with E-state index >= 15 is 0 Å². The molecule has 0 radical (unpaired) electrons. The quantitative estimate of drug-likeness (QED) is 0.634. The zero-order chi connectivity index (χ0) is 23.9. The molecule has 0 aromatic heterocycles. The Hall–Kier alpha value is -2.64. The molecule has 0 unspecified atom stereocenters. The van der Waals surface area contributed by atoms with Gasteiger partial charge in [-0.15, -0.1) is 0 Å². The second-order valence-corrected chi connectivity index (χ2v) is 10.0. The van der Waals surface area contributed by atoms with E-state index in [0.717, 1.165) is 61.7 Å². The third kappa shape index (κ3) is 4.51. The highest BCUT2D eigenvalue weighted by Crippen LogP contribution is 2.44. The van der Waals surface area contributed by atoms with Crippen molar-refractivity contribution in [2.75, 3.05) is 44.6 Å². The van der Waals surface area contributed by atoms with E-state index in [0.29, 0.717) is 16.4 Å². The summed E-state index contributed by atoms with van der Waals surface area (Å²) in [5.74, 6) is 0.401. The smallest absolute Gasteiger partial charge is 0.260 e. The molecule has 3 aliphatic heterocycles. The summed E-state index contributed by atoms with van der Waals surface area (Å²) in [7, 11) is 0. The van der Waals surface area contributed by atoms with Crippen LogP contribution in [-0.2, 0) is 16.1 Å². The molecule has 2 N–H and O–H groups in total. The fraction of sp³-hybridized carbons (Fsp3) is 0.370. The number of nitrogens with zero attached hydrogens (tertiary/aromatic N) is 2. The topological polar surface area (TPSA) is 65.0 Å². The fourth-order valence-electron chi connectivity index (χ4n) is 4.96. The number of carbonyl (C=O) groups excluding carboxylic acids is 1. The molecule has 0 bridgehead atoms. The number of allylic oxidation sites excluding steroid dienone is 1. The largest absolute Gasteiger partial charge is 0.482 e. The first-order valence-electron chi connectivity index (χ1n) is 11.8. The maximum Gasteiger partial charge on any atom is 0.260 e. The van der Waals surface area contributed by atoms with Crippen molar-refractivity contribution in [3.63, 3.8) is 0 Å². The van der Waals surface area contributed by atoms with Crippen LogP contribution in [0.2, 0.25) is 5.02 Å². The van der Waals surface area contributed by atoms with Crippen LogP contribution in [0.3, 0.4) is 0 Å². The number of aliphatic hydroxyl groups excluding tert-OH is 1. The Morgan fingerprint density at radius 1 is 1.06 bits per heavy atom. The zero-order valence-electron chi connectivity index (χ0n) is 19.6. The van der Waals surface area contributed by atoms with Crippen molar-refractivity contribution in [2.24, 2.45) is 0 Å². The molecule has 1 saturated heterocycles. The molecule has 1 fully saturated rings. The highest BCUT2D eigenvalue weighted by atomic mass is 35.5. The lowest BCUT2D eigenvalue weighted by molar-refractivity contribution is -0.111. The number of aliphatic hydroxyl groups is 1. The normalized spacial score (nSPS) is 22.4. The molecule has 2 aromatic carbocycles. The lowest BCUT2D eigenvalue weighted by atomic mass is 9.91. The number of hydrogen-bond acceptors (Lipinski definition) is 5. The number of amides is 1. The molecule has 3 aliphatic rings. The Kier molecular flexibility index (Phi) is 6.25. The third-order valence-corrected chi connectivity index (χ3v) is 7.05. The molecule has 2 aromatic rings. The van der Waals surface area contributed by atoms with E-state index < -0.39 is 5.60 Å². The van der Waals surface area contributed by atoms with E-state index in [1.54, 1.807) is 12.1 Å². The van der Waals surface area contributed by atoms with Crippen LogP contribution < -0.4 is 5.32 Å². The van der Waals surface area contributed by atoms with Gasteiger partial charge in [0.1, 0.15) is 11.4 Å². The van der Waals surface area contributed by atoms with E-state index in [1.807, 2.05) is 26.0 Å². The Labute approximate surface area is 205 Å². The van der Waals surface area contributed by atoms with E-state index in [9.17, 15) is 4.79 Å². The first-order chi connectivity index (χ1) is 16.3. The van der Waals surface area contributed by atoms with Gasteiger partial charge in [-0.05, 0) is 49.2 Å². The Morgan fingerprint density at radius 3 is 2.47 bits per heavy atom. The number of rotatable bonds is 5. The van der Waals surface area contributed by atoms with E-state index in [2.05, 4.69) is 39.4 Å². The number of halogens is 1. The third-order valence-electron chi connectivity index (χ3n) is 6.81. The average Bonchev–Trinajstić information content (AvgIpc) is 3.30. The molecule has 0 aliphatic carbocycles. The number of carbonyl (C=O) groups is 1. The van der Waals surface area contributed by atoms with Crippen LogP contribution in [0.1, 0.15) is 30.5 Å². The van der Waals surface area contributed by atoms with E-state index in [-0.39, 0.29) is 12.5 Å². The SMILES string of the molecule is CC1(C)O/C(=C2/C(=O)Nc3ccc(Cl)cc32)C=C1c1ccc(CN2CCN(CCO)CC2)cc1. The molecule has 5 rings (SSSR count). The van der Waals surface area contributed by atoms with Crippen molar-refractivity contribution in [2.45, 2.75) is 26.0 Å². The van der Waals surface area contributed by atoms with Crippen LogP contribution in [0.25, 0.3) is 11.1 Å². The average molecular weight is 480 g/mol. The number of piperazine rings is 1. The van der Waals surface area contributed by atoms with Crippen molar-refractivity contribution in [3.8, 4) is 0 Å². The van der Waals surface area contributed by atoms with Crippen molar-refractivity contribution >= 4 is 34.3 Å². The fourth-order valence-corrected chi connectivity index (χ4v) is 5.13. The zero-order valence-corrected chi connectivity index (χ0v) is 20.4. The van der Waals surface area contributed by atoms with Crippen molar-refractivity contribution in [1.82, 2.24) is 9.80 Å². The Balaban J connectivity index is 1.36. The summed E-state index contributed by atoms with van der Waals surface area (Å²) in [5, 5.41) is 12.6. The van der Waals surface area contributed by atoms with Gasteiger partial charge in [-0.25, -0.2) is 0 Å². The van der Waals surface area contributed by atoms with Crippen LogP contribution in [0.15, 0.2) is 54.3 Å². The number of ether oxygens (including phenoxy) is 1. The molecule has 34 heavy (non-hydrogen) atoms. The molecule has 0 saturated carbocycles. The van der Waals surface area contributed by atoms with Gasteiger partial charge in [0.25, 0.3) is 5.91 Å². The minimum atomic E-state index is -0.561. The van der Waals surface area contributed by atoms with Crippen LogP contribution in [-0.4, -0.2) is 65.7 Å². The van der Waals surface area contributed by atoms with Gasteiger partial charge in [0.15, 0.2) is 0 Å². The van der Waals surface area contributed by atoms with Gasteiger partial charge >= 0.3 is 0 Å². The molecular weight excluding hydrogens is 450 g/mol. The maximum atomic E-state index is 12.7. The molecule has 178 valence electrons. The van der Waals surface area contributed by atoms with E-state index in [4.69, 9.17) is 21.4 Å². The van der Waals surface area contributed by atoms with Gasteiger partial charge in [-0.2, -0.15) is 0 Å². The Bertz CT molecular complexity index is 1160. The van der Waals surface area contributed by atoms with Crippen molar-refractivity contribution in [1.29, 1.82) is 0 Å². The van der Waals surface area contributed by atoms with Crippen molar-refractivity contribution < 1.29 is 14.6 Å². The first kappa shape index (κ1) is 23.1. The predicted molar refractivity (Wildman–Crippen MR) is 135 cm³/mol. The van der Waals surface area contributed by atoms with Gasteiger partial charge in [0.05, 0.1) is 12.2 Å². The van der Waals surface area contributed by atoms with Gasteiger partial charge in [0.2, 0.25) is 0 Å². The lowest BCUT2D eigenvalue weighted by Crippen LogP contribution is -2.46. The number of anilines is 1. The number of nitrogens with one attached hydrogen (secondary N) is 1. The van der Waals surface area contributed by atoms with Crippen molar-refractivity contribution in [3.05, 3.63) is 76.0 Å². The van der Waals surface area contributed by atoms with Crippen LogP contribution in [0.5, 0.6) is 0 Å². The standard InChI is InChI=1S/C27H30ClN3O3/c1-27(2)22(16-24(34-27)25-21-15-20(28)7-8-23(21)29-26(25)33)19-5-3-18(4-6-19)17-31-11-9-30(10-12-31)13-14-32/h3-8,15-16,32H,9-14,17H2,1-2H3,(H,29,33)/b25-24+. The van der Waals surface area contributed by atoms with E-state index in [1.165, 1.54) is 5.56 Å². The number of fused-ring (bicyclic) bond motifs is 1.